The van der Waals surface area contributed by atoms with Gasteiger partial charge in [0.15, 0.2) is 5.41 Å². The van der Waals surface area contributed by atoms with E-state index in [1.807, 2.05) is 43.3 Å². The highest BCUT2D eigenvalue weighted by Crippen LogP contribution is 2.69. The van der Waals surface area contributed by atoms with Gasteiger partial charge in [0.05, 0.1) is 35.7 Å². The largest absolute Gasteiger partial charge is 0.496 e. The third-order valence-corrected chi connectivity index (χ3v) is 7.22. The summed E-state index contributed by atoms with van der Waals surface area (Å²) in [6, 6.07) is 18.7. The van der Waals surface area contributed by atoms with Crippen LogP contribution in [0.15, 0.2) is 46.9 Å². The van der Waals surface area contributed by atoms with Crippen molar-refractivity contribution in [2.24, 2.45) is 16.7 Å². The van der Waals surface area contributed by atoms with Crippen LogP contribution in [0.4, 0.5) is 0 Å². The van der Waals surface area contributed by atoms with Gasteiger partial charge in [0, 0.05) is 5.56 Å². The van der Waals surface area contributed by atoms with E-state index in [0.29, 0.717) is 21.3 Å². The first kappa shape index (κ1) is 21.8. The summed E-state index contributed by atoms with van der Waals surface area (Å²) >= 11 is 3.44. The highest BCUT2D eigenvalue weighted by atomic mass is 79.9. The van der Waals surface area contributed by atoms with Crippen LogP contribution in [0, 0.1) is 63.1 Å². The second-order valence-corrected chi connectivity index (χ2v) is 8.88. The van der Waals surface area contributed by atoms with Crippen LogP contribution in [0.25, 0.3) is 0 Å². The molecular weight excluding hydrogens is 472 g/mol. The number of hydrogen-bond donors (Lipinski definition) is 1. The Kier molecular flexibility index (Phi) is 5.01. The summed E-state index contributed by atoms with van der Waals surface area (Å²) in [5.41, 5.74) is -1.73. The van der Waals surface area contributed by atoms with Gasteiger partial charge in [-0.1, -0.05) is 42.8 Å². The average Bonchev–Trinajstić information content (AvgIpc) is 2.95. The van der Waals surface area contributed by atoms with Gasteiger partial charge in [0.1, 0.15) is 11.9 Å². The fourth-order valence-electron chi connectivity index (χ4n) is 4.80. The molecular formula is C24H19BrN4O3. The summed E-state index contributed by atoms with van der Waals surface area (Å²) in [5, 5.41) is 39.6. The van der Waals surface area contributed by atoms with Crippen molar-refractivity contribution >= 4 is 21.8 Å². The summed E-state index contributed by atoms with van der Waals surface area (Å²) in [5.74, 6) is -2.18. The molecule has 2 heterocycles. The Morgan fingerprint density at radius 1 is 1.06 bits per heavy atom. The quantitative estimate of drug-likeness (QED) is 0.653. The van der Waals surface area contributed by atoms with Crippen LogP contribution in [0.3, 0.4) is 0 Å². The number of halogens is 1. The zero-order valence-electron chi connectivity index (χ0n) is 17.6. The number of nitrogens with zero attached hydrogens (tertiary/aromatic N) is 3. The van der Waals surface area contributed by atoms with E-state index in [2.05, 4.69) is 22.0 Å². The second-order valence-electron chi connectivity index (χ2n) is 8.03. The second kappa shape index (κ2) is 7.35. The molecule has 2 aliphatic heterocycles. The van der Waals surface area contributed by atoms with Crippen LogP contribution in [0.1, 0.15) is 29.7 Å². The van der Waals surface area contributed by atoms with E-state index in [-0.39, 0.29) is 0 Å². The maximum atomic E-state index is 10.4. The lowest BCUT2D eigenvalue weighted by Crippen LogP contribution is -2.57. The third kappa shape index (κ3) is 2.50. The molecule has 7 nitrogen and oxygen atoms in total. The predicted molar refractivity (Wildman–Crippen MR) is 117 cm³/mol. The molecule has 2 aliphatic rings. The Balaban J connectivity index is 2.02. The molecule has 2 saturated heterocycles. The van der Waals surface area contributed by atoms with Crippen LogP contribution >= 0.6 is 15.9 Å². The van der Waals surface area contributed by atoms with Gasteiger partial charge in [-0.3, -0.25) is 5.41 Å². The molecule has 0 spiro atoms. The maximum absolute atomic E-state index is 10.4. The van der Waals surface area contributed by atoms with Crippen LogP contribution in [-0.2, 0) is 15.3 Å². The number of aryl methyl sites for hydroxylation is 1. The van der Waals surface area contributed by atoms with Gasteiger partial charge in [-0.2, -0.15) is 15.8 Å². The van der Waals surface area contributed by atoms with E-state index in [1.54, 1.807) is 25.1 Å². The highest BCUT2D eigenvalue weighted by molar-refractivity contribution is 9.10. The van der Waals surface area contributed by atoms with Crippen LogP contribution in [0.5, 0.6) is 5.75 Å². The van der Waals surface area contributed by atoms with Crippen molar-refractivity contribution in [3.63, 3.8) is 0 Å². The lowest BCUT2D eigenvalue weighted by atomic mass is 9.53. The fourth-order valence-corrected chi connectivity index (χ4v) is 5.36. The van der Waals surface area contributed by atoms with Crippen molar-refractivity contribution in [3.05, 3.63) is 63.6 Å². The molecule has 160 valence electrons. The van der Waals surface area contributed by atoms with Gasteiger partial charge >= 0.3 is 0 Å². The number of fused-ring (bicyclic) bond motifs is 2. The van der Waals surface area contributed by atoms with E-state index >= 15 is 0 Å². The minimum Gasteiger partial charge on any atom is -0.496 e. The minimum absolute atomic E-state index is 0.439. The van der Waals surface area contributed by atoms with Crippen molar-refractivity contribution in [3.8, 4) is 24.0 Å². The molecule has 2 bridgehead atoms. The first-order valence-electron chi connectivity index (χ1n) is 9.86. The van der Waals surface area contributed by atoms with Crippen LogP contribution < -0.4 is 4.74 Å². The number of nitrogens with one attached hydrogen (secondary N) is 1. The van der Waals surface area contributed by atoms with Gasteiger partial charge < -0.3 is 14.2 Å². The van der Waals surface area contributed by atoms with Gasteiger partial charge in [0.2, 0.25) is 17.1 Å². The first-order chi connectivity index (χ1) is 15.3. The summed E-state index contributed by atoms with van der Waals surface area (Å²) < 4.78 is 18.4. The van der Waals surface area contributed by atoms with Crippen LogP contribution in [-0.4, -0.2) is 13.0 Å². The minimum atomic E-state index is -2.02. The molecule has 0 aliphatic carbocycles. The average molecular weight is 491 g/mol. The molecule has 2 aromatic rings. The Labute approximate surface area is 194 Å². The van der Waals surface area contributed by atoms with E-state index in [1.165, 1.54) is 7.11 Å². The number of methoxy groups -OCH3 is 1. The number of nitriles is 3. The molecule has 0 aromatic heterocycles. The highest BCUT2D eigenvalue weighted by Gasteiger charge is 2.79. The number of benzene rings is 2. The molecule has 0 saturated carbocycles. The molecule has 8 heteroatoms. The van der Waals surface area contributed by atoms with Crippen molar-refractivity contribution < 1.29 is 14.2 Å². The lowest BCUT2D eigenvalue weighted by molar-refractivity contribution is -0.288. The summed E-state index contributed by atoms with van der Waals surface area (Å²) in [4.78, 5) is 0. The van der Waals surface area contributed by atoms with E-state index < -0.39 is 34.5 Å². The third-order valence-electron chi connectivity index (χ3n) is 6.60. The fraction of sp³-hybridized carbons (Fsp3) is 0.333. The number of hydrogen-bond acceptors (Lipinski definition) is 7. The summed E-state index contributed by atoms with van der Waals surface area (Å²) in [6.45, 7) is 3.63. The Bertz CT molecular complexity index is 1230. The Morgan fingerprint density at radius 2 is 1.72 bits per heavy atom. The molecule has 0 amide bonds. The van der Waals surface area contributed by atoms with Crippen molar-refractivity contribution in [2.75, 3.05) is 7.11 Å². The number of ether oxygens (including phenoxy) is 3. The van der Waals surface area contributed by atoms with E-state index in [9.17, 15) is 15.8 Å². The van der Waals surface area contributed by atoms with Crippen molar-refractivity contribution in [1.82, 2.24) is 0 Å². The molecule has 1 N–H and O–H groups in total. The van der Waals surface area contributed by atoms with Crippen LogP contribution in [0.2, 0.25) is 0 Å². The molecule has 4 unspecified atom stereocenters. The van der Waals surface area contributed by atoms with Gasteiger partial charge in [-0.15, -0.1) is 0 Å². The smallest absolute Gasteiger partial charge is 0.244 e. The van der Waals surface area contributed by atoms with Gasteiger partial charge in [-0.25, -0.2) is 0 Å². The summed E-state index contributed by atoms with van der Waals surface area (Å²) in [6.07, 6.45) is -1.17. The molecule has 2 fully saturated rings. The maximum Gasteiger partial charge on any atom is 0.244 e. The van der Waals surface area contributed by atoms with E-state index in [4.69, 9.17) is 19.6 Å². The summed E-state index contributed by atoms with van der Waals surface area (Å²) in [7, 11) is 1.53. The molecule has 2 aromatic carbocycles. The van der Waals surface area contributed by atoms with Crippen molar-refractivity contribution in [2.45, 2.75) is 25.7 Å². The lowest BCUT2D eigenvalue weighted by Gasteiger charge is -2.48. The zero-order chi connectivity index (χ0) is 23.3. The van der Waals surface area contributed by atoms with Gasteiger partial charge in [0.25, 0.3) is 0 Å². The normalized spacial score (nSPS) is 29.8. The Hall–Kier alpha value is -3.38. The zero-order valence-corrected chi connectivity index (χ0v) is 19.2. The van der Waals surface area contributed by atoms with E-state index in [0.717, 1.165) is 5.56 Å². The van der Waals surface area contributed by atoms with Crippen molar-refractivity contribution in [1.29, 1.82) is 21.2 Å². The molecule has 0 radical (unpaired) electrons. The molecule has 32 heavy (non-hydrogen) atoms. The van der Waals surface area contributed by atoms with Gasteiger partial charge in [-0.05, 0) is 40.5 Å². The topological polar surface area (TPSA) is 123 Å². The molecule has 4 atom stereocenters. The predicted octanol–water partition coefficient (Wildman–Crippen LogP) is 4.88. The standard InChI is InChI=1S/C24H19BrN4O3/c1-14-4-7-17(8-5-14)24-15(2)23(13-28,21(29)32-24)22(11-26,12-27)20(31-24)16-6-9-19(30-3)18(25)10-16/h4-10,15,20,29H,1-3H3. The SMILES string of the molecule is COc1ccc(C2OC3(c4ccc(C)cc4)OC(=N)C(C#N)(C3C)C2(C#N)C#N)cc1Br. The first-order valence-corrected chi connectivity index (χ1v) is 10.7. The molecule has 4 rings (SSSR count). The monoisotopic (exact) mass is 490 g/mol. The number of rotatable bonds is 3. The Morgan fingerprint density at radius 3 is 2.25 bits per heavy atom.